The van der Waals surface area contributed by atoms with Gasteiger partial charge in [0.15, 0.2) is 5.82 Å². The number of aromatic nitrogens is 4. The van der Waals surface area contributed by atoms with Crippen LogP contribution in [-0.2, 0) is 12.1 Å². The van der Waals surface area contributed by atoms with Crippen LogP contribution in [0, 0.1) is 0 Å². The smallest absolute Gasteiger partial charge is 0.295 e. The summed E-state index contributed by atoms with van der Waals surface area (Å²) >= 11 is 6.19. The minimum Gasteiger partial charge on any atom is -0.295 e. The maximum atomic E-state index is 12.0. The minimum absolute atomic E-state index is 0.122. The van der Waals surface area contributed by atoms with E-state index in [4.69, 9.17) is 16.1 Å². The number of hydrogen-bond acceptors (Lipinski definition) is 4. The van der Waals surface area contributed by atoms with E-state index >= 15 is 0 Å². The van der Waals surface area contributed by atoms with Gasteiger partial charge in [0.2, 0.25) is 0 Å². The fourth-order valence-corrected chi connectivity index (χ4v) is 2.46. The Labute approximate surface area is 138 Å². The third kappa shape index (κ3) is 3.07. The first-order valence-electron chi connectivity index (χ1n) is 7.22. The predicted molar refractivity (Wildman–Crippen MR) is 87.5 cm³/mol. The molecule has 3 rings (SSSR count). The van der Waals surface area contributed by atoms with E-state index in [1.54, 1.807) is 18.3 Å². The van der Waals surface area contributed by atoms with E-state index in [-0.39, 0.29) is 5.54 Å². The molecule has 0 aliphatic carbocycles. The van der Waals surface area contributed by atoms with E-state index < -0.39 is 5.76 Å². The largest absolute Gasteiger partial charge is 0.442 e. The van der Waals surface area contributed by atoms with Gasteiger partial charge in [-0.15, -0.1) is 0 Å². The third-order valence-corrected chi connectivity index (χ3v) is 3.79. The van der Waals surface area contributed by atoms with Gasteiger partial charge in [-0.2, -0.15) is 5.10 Å². The summed E-state index contributed by atoms with van der Waals surface area (Å²) in [6, 6.07) is 7.21. The Balaban J connectivity index is 1.99. The zero-order chi connectivity index (χ0) is 16.6. The van der Waals surface area contributed by atoms with Crippen LogP contribution >= 0.6 is 11.6 Å². The van der Waals surface area contributed by atoms with Crippen LogP contribution < -0.4 is 5.76 Å². The fourth-order valence-electron chi connectivity index (χ4n) is 2.24. The van der Waals surface area contributed by atoms with Gasteiger partial charge in [0.1, 0.15) is 0 Å². The molecule has 0 spiro atoms. The molecule has 0 saturated heterocycles. The Hall–Kier alpha value is -2.34. The Morgan fingerprint density at radius 1 is 1.26 bits per heavy atom. The van der Waals surface area contributed by atoms with Gasteiger partial charge < -0.3 is 0 Å². The van der Waals surface area contributed by atoms with Crippen molar-refractivity contribution in [1.29, 1.82) is 0 Å². The molecule has 6 nitrogen and oxygen atoms in total. The third-order valence-electron chi connectivity index (χ3n) is 3.47. The molecule has 7 heteroatoms. The first-order valence-corrected chi connectivity index (χ1v) is 7.59. The van der Waals surface area contributed by atoms with Crippen molar-refractivity contribution in [1.82, 2.24) is 19.5 Å². The van der Waals surface area contributed by atoms with Crippen LogP contribution in [0.1, 0.15) is 26.3 Å². The molecular formula is C16H17ClN4O2. The summed E-state index contributed by atoms with van der Waals surface area (Å²) in [7, 11) is 0. The molecule has 0 fully saturated rings. The van der Waals surface area contributed by atoms with Crippen molar-refractivity contribution in [2.45, 2.75) is 32.9 Å². The maximum Gasteiger partial charge on any atom is 0.442 e. The van der Waals surface area contributed by atoms with E-state index in [1.165, 1.54) is 4.57 Å². The molecule has 0 bridgehead atoms. The number of hydrogen-bond donors (Lipinski definition) is 0. The zero-order valence-corrected chi connectivity index (χ0v) is 13.9. The molecular weight excluding hydrogens is 316 g/mol. The van der Waals surface area contributed by atoms with Gasteiger partial charge in [-0.05, 0) is 32.9 Å². The molecule has 2 aromatic heterocycles. The first-order chi connectivity index (χ1) is 10.9. The van der Waals surface area contributed by atoms with Crippen LogP contribution in [0.2, 0.25) is 5.02 Å². The van der Waals surface area contributed by atoms with Crippen molar-refractivity contribution in [3.05, 3.63) is 57.8 Å². The second kappa shape index (κ2) is 5.70. The normalized spacial score (nSPS) is 11.8. The molecule has 0 N–H and O–H groups in total. The van der Waals surface area contributed by atoms with Crippen molar-refractivity contribution in [3.63, 3.8) is 0 Å². The van der Waals surface area contributed by atoms with Crippen molar-refractivity contribution in [2.75, 3.05) is 0 Å². The molecule has 0 unspecified atom stereocenters. The highest BCUT2D eigenvalue weighted by Crippen LogP contribution is 2.25. The minimum atomic E-state index is -0.525. The van der Waals surface area contributed by atoms with Crippen LogP contribution in [0.5, 0.6) is 0 Å². The summed E-state index contributed by atoms with van der Waals surface area (Å²) < 4.78 is 8.13. The maximum absolute atomic E-state index is 12.0. The molecule has 0 saturated carbocycles. The lowest BCUT2D eigenvalue weighted by molar-refractivity contribution is 0.355. The van der Waals surface area contributed by atoms with Gasteiger partial charge in [0.05, 0.1) is 23.3 Å². The average Bonchev–Trinajstić information content (AvgIpc) is 3.08. The Morgan fingerprint density at radius 2 is 2.00 bits per heavy atom. The quantitative estimate of drug-likeness (QED) is 0.739. The number of nitrogens with zero attached hydrogens (tertiary/aromatic N) is 4. The van der Waals surface area contributed by atoms with E-state index in [9.17, 15) is 4.79 Å². The molecule has 0 amide bonds. The standard InChI is InChI=1S/C16H17ClN4O2/c1-16(2,3)21-10-11(8-18-21)9-20-14(19-23-15(20)22)12-6-4-5-7-13(12)17/h4-8,10H,9H2,1-3H3. The highest BCUT2D eigenvalue weighted by Gasteiger charge is 2.18. The second-order valence-corrected chi connectivity index (χ2v) is 6.71. The Morgan fingerprint density at radius 3 is 2.65 bits per heavy atom. The van der Waals surface area contributed by atoms with Crippen LogP contribution in [0.25, 0.3) is 11.4 Å². The molecule has 1 aromatic carbocycles. The molecule has 2 heterocycles. The Kier molecular flexibility index (Phi) is 3.85. The highest BCUT2D eigenvalue weighted by molar-refractivity contribution is 6.33. The summed E-state index contributed by atoms with van der Waals surface area (Å²) in [4.78, 5) is 12.0. The lowest BCUT2D eigenvalue weighted by Crippen LogP contribution is -2.22. The SMILES string of the molecule is CC(C)(C)n1cc(Cn2c(-c3ccccc3Cl)noc2=O)cn1. The monoisotopic (exact) mass is 332 g/mol. The van der Waals surface area contributed by atoms with Crippen LogP contribution in [0.15, 0.2) is 46.0 Å². The molecule has 0 aliphatic rings. The number of halogens is 1. The lowest BCUT2D eigenvalue weighted by Gasteiger charge is -2.18. The molecule has 120 valence electrons. The van der Waals surface area contributed by atoms with Crippen molar-refractivity contribution in [3.8, 4) is 11.4 Å². The summed E-state index contributed by atoms with van der Waals surface area (Å²) in [5.74, 6) is -0.118. The molecule has 0 aliphatic heterocycles. The summed E-state index contributed by atoms with van der Waals surface area (Å²) in [6.45, 7) is 6.50. The van der Waals surface area contributed by atoms with Crippen molar-refractivity contribution < 1.29 is 4.52 Å². The van der Waals surface area contributed by atoms with Gasteiger partial charge in [0.25, 0.3) is 0 Å². The van der Waals surface area contributed by atoms with Crippen LogP contribution in [-0.4, -0.2) is 19.5 Å². The number of rotatable bonds is 3. The second-order valence-electron chi connectivity index (χ2n) is 6.30. The van der Waals surface area contributed by atoms with Gasteiger partial charge in [-0.3, -0.25) is 13.8 Å². The summed E-state index contributed by atoms with van der Waals surface area (Å²) in [6.07, 6.45) is 3.65. The summed E-state index contributed by atoms with van der Waals surface area (Å²) in [5.41, 5.74) is 1.42. The van der Waals surface area contributed by atoms with Gasteiger partial charge in [-0.1, -0.05) is 28.9 Å². The van der Waals surface area contributed by atoms with E-state index in [0.29, 0.717) is 23.0 Å². The van der Waals surface area contributed by atoms with Crippen LogP contribution in [0.4, 0.5) is 0 Å². The van der Waals surface area contributed by atoms with E-state index in [1.807, 2.05) is 23.0 Å². The number of benzene rings is 1. The molecule has 3 aromatic rings. The van der Waals surface area contributed by atoms with Crippen LogP contribution in [0.3, 0.4) is 0 Å². The van der Waals surface area contributed by atoms with E-state index in [0.717, 1.165) is 5.56 Å². The molecule has 0 atom stereocenters. The van der Waals surface area contributed by atoms with Gasteiger partial charge in [-0.25, -0.2) is 4.79 Å². The zero-order valence-electron chi connectivity index (χ0n) is 13.2. The average molecular weight is 333 g/mol. The fraction of sp³-hybridized carbons (Fsp3) is 0.312. The van der Waals surface area contributed by atoms with Gasteiger partial charge >= 0.3 is 5.76 Å². The Bertz CT molecular complexity index is 886. The lowest BCUT2D eigenvalue weighted by atomic mass is 10.1. The molecule has 23 heavy (non-hydrogen) atoms. The van der Waals surface area contributed by atoms with Gasteiger partial charge in [0, 0.05) is 17.3 Å². The van der Waals surface area contributed by atoms with Crippen molar-refractivity contribution in [2.24, 2.45) is 0 Å². The van der Waals surface area contributed by atoms with Crippen molar-refractivity contribution >= 4 is 11.6 Å². The van der Waals surface area contributed by atoms with E-state index in [2.05, 4.69) is 31.0 Å². The summed E-state index contributed by atoms with van der Waals surface area (Å²) in [5, 5.41) is 8.72. The molecule has 0 radical (unpaired) electrons. The highest BCUT2D eigenvalue weighted by atomic mass is 35.5. The topological polar surface area (TPSA) is 65.8 Å². The predicted octanol–water partition coefficient (Wildman–Crippen LogP) is 3.16. The first kappa shape index (κ1) is 15.6.